The second kappa shape index (κ2) is 20.5. The minimum absolute atomic E-state index is 0.000133. The predicted molar refractivity (Wildman–Crippen MR) is 233 cm³/mol. The summed E-state index contributed by atoms with van der Waals surface area (Å²) in [5, 5.41) is 0. The third-order valence-corrected chi connectivity index (χ3v) is 8.64. The molecule has 0 unspecified atom stereocenters. The highest BCUT2D eigenvalue weighted by Gasteiger charge is 2.32. The summed E-state index contributed by atoms with van der Waals surface area (Å²) in [5.41, 5.74) is -0.828. The van der Waals surface area contributed by atoms with Crippen LogP contribution in [0.4, 0.5) is 26.3 Å². The van der Waals surface area contributed by atoms with Crippen LogP contribution in [0.25, 0.3) is 22.3 Å². The molecule has 16 nitrogen and oxygen atoms in total. The van der Waals surface area contributed by atoms with Gasteiger partial charge in [0.05, 0.1) is 13.1 Å². The van der Waals surface area contributed by atoms with Gasteiger partial charge in [-0.3, -0.25) is 38.2 Å². The van der Waals surface area contributed by atoms with E-state index in [0.29, 0.717) is 0 Å². The number of nitrogens with one attached hydrogen (secondary N) is 3. The number of alkyl halides is 7. The lowest BCUT2D eigenvalue weighted by Gasteiger charge is -2.12. The molecular formula is C42H35F6IN8O8. The molecule has 0 aliphatic rings. The third-order valence-electron chi connectivity index (χ3n) is 8.64. The lowest BCUT2D eigenvalue weighted by molar-refractivity contribution is -0.275. The number of H-pyrrole nitrogens is 3. The topological polar surface area (TPSA) is 193 Å². The zero-order chi connectivity index (χ0) is 46.9. The maximum atomic E-state index is 12.6. The minimum Gasteiger partial charge on any atom is -0.425 e. The SMILES string of the molecule is CCI.CCn1c(=O)[nH]c(=O)c2c1nc(Oc1cccc(OC(F)(F)F)c1)n2Cc1ccccc1.O=c1[nH]c(=O)c2c(nc(Oc3cccc(OC(F)(F)F)c3)n2Cc2ccccc2)[nH]1. The molecule has 0 amide bonds. The van der Waals surface area contributed by atoms with Crippen molar-refractivity contribution in [3.8, 4) is 35.0 Å². The molecular weight excluding hydrogens is 985 g/mol. The summed E-state index contributed by atoms with van der Waals surface area (Å²) in [4.78, 5) is 64.0. The number of aromatic amines is 3. The lowest BCUT2D eigenvalue weighted by Crippen LogP contribution is -2.30. The van der Waals surface area contributed by atoms with E-state index in [0.717, 1.165) is 35.4 Å². The standard InChI is InChI=1S/C21H17F3N4O4.C19H13F3N4O4.C2H5I/c1-2-27-17-16(18(29)26-19(27)30)28(12-13-7-4-3-5-8-13)20(25-17)31-14-9-6-10-15(11-14)32-21(22,23)24;20-19(21,22)30-13-8-4-7-12(9-13)29-18-24-15-14(16(27)25-17(28)23-15)26(18)10-11-5-2-1-3-6-11;1-2-3/h3-11H,2,12H2,1H3,(H,26,29,30);1-9H,10H2,(H2,23,25,27,28);2H2,1H3. The Labute approximate surface area is 375 Å². The van der Waals surface area contributed by atoms with Crippen molar-refractivity contribution in [2.45, 2.75) is 46.2 Å². The monoisotopic (exact) mass is 1020 g/mol. The lowest BCUT2D eigenvalue weighted by atomic mass is 10.2. The van der Waals surface area contributed by atoms with Gasteiger partial charge < -0.3 is 18.9 Å². The van der Waals surface area contributed by atoms with Gasteiger partial charge in [-0.05, 0) is 46.7 Å². The number of nitrogens with zero attached hydrogens (tertiary/aromatic N) is 5. The Morgan fingerprint density at radius 1 is 0.569 bits per heavy atom. The predicted octanol–water partition coefficient (Wildman–Crippen LogP) is 8.24. The molecule has 340 valence electrons. The van der Waals surface area contributed by atoms with Gasteiger partial charge in [0.1, 0.15) is 23.0 Å². The van der Waals surface area contributed by atoms with Crippen LogP contribution in [0.5, 0.6) is 35.0 Å². The van der Waals surface area contributed by atoms with Crippen LogP contribution in [0.3, 0.4) is 0 Å². The average molecular weight is 1020 g/mol. The summed E-state index contributed by atoms with van der Waals surface area (Å²) in [6, 6.07) is 27.8. The normalized spacial score (nSPS) is 11.3. The van der Waals surface area contributed by atoms with Gasteiger partial charge in [-0.25, -0.2) is 9.59 Å². The van der Waals surface area contributed by atoms with Crippen LogP contribution in [0.1, 0.15) is 25.0 Å². The molecule has 4 aromatic carbocycles. The van der Waals surface area contributed by atoms with Gasteiger partial charge in [-0.2, -0.15) is 9.97 Å². The van der Waals surface area contributed by atoms with E-state index in [1.54, 1.807) is 19.1 Å². The van der Waals surface area contributed by atoms with Crippen molar-refractivity contribution in [3.05, 3.63) is 162 Å². The molecule has 0 atom stereocenters. The van der Waals surface area contributed by atoms with Crippen LogP contribution in [0, 0.1) is 0 Å². The van der Waals surface area contributed by atoms with E-state index in [2.05, 4.69) is 63.9 Å². The summed E-state index contributed by atoms with van der Waals surface area (Å²) < 4.78 is 99.7. The summed E-state index contributed by atoms with van der Waals surface area (Å²) >= 11 is 2.29. The Balaban J connectivity index is 0.000000204. The van der Waals surface area contributed by atoms with Gasteiger partial charge >= 0.3 is 36.1 Å². The molecule has 0 radical (unpaired) electrons. The van der Waals surface area contributed by atoms with Crippen molar-refractivity contribution in [3.63, 3.8) is 0 Å². The number of imidazole rings is 2. The van der Waals surface area contributed by atoms with E-state index in [-0.39, 0.29) is 65.5 Å². The first kappa shape index (κ1) is 47.2. The van der Waals surface area contributed by atoms with Gasteiger partial charge in [0, 0.05) is 18.7 Å². The quantitative estimate of drug-likeness (QED) is 0.0646. The maximum absolute atomic E-state index is 12.6. The van der Waals surface area contributed by atoms with Gasteiger partial charge in [-0.15, -0.1) is 26.3 Å². The number of aromatic nitrogens is 8. The first-order valence-electron chi connectivity index (χ1n) is 19.1. The Kier molecular flexibility index (Phi) is 14.9. The van der Waals surface area contributed by atoms with Crippen molar-refractivity contribution in [2.75, 3.05) is 4.43 Å². The number of fused-ring (bicyclic) bond motifs is 2. The molecule has 0 spiro atoms. The molecule has 0 fully saturated rings. The Morgan fingerprint density at radius 3 is 1.49 bits per heavy atom. The minimum atomic E-state index is -4.86. The molecule has 65 heavy (non-hydrogen) atoms. The Hall–Kier alpha value is -7.31. The van der Waals surface area contributed by atoms with E-state index in [1.165, 1.54) is 42.4 Å². The van der Waals surface area contributed by atoms with Crippen molar-refractivity contribution in [1.82, 2.24) is 38.6 Å². The van der Waals surface area contributed by atoms with E-state index in [4.69, 9.17) is 9.47 Å². The molecule has 4 heterocycles. The fourth-order valence-electron chi connectivity index (χ4n) is 6.16. The molecule has 8 aromatic rings. The fraction of sp³-hybridized carbons (Fsp3) is 0.190. The summed E-state index contributed by atoms with van der Waals surface area (Å²) in [5.74, 6) is -0.931. The van der Waals surface area contributed by atoms with Crippen LogP contribution in [0.15, 0.2) is 128 Å². The van der Waals surface area contributed by atoms with E-state index < -0.39 is 46.7 Å². The molecule has 0 aliphatic carbocycles. The number of ether oxygens (including phenoxy) is 4. The number of aryl methyl sites for hydroxylation is 1. The van der Waals surface area contributed by atoms with Gasteiger partial charge in [0.25, 0.3) is 11.1 Å². The number of benzene rings is 4. The maximum Gasteiger partial charge on any atom is 0.573 e. The Bertz CT molecular complexity index is 3130. The number of hydrogen-bond donors (Lipinski definition) is 3. The molecule has 3 N–H and O–H groups in total. The highest BCUT2D eigenvalue weighted by atomic mass is 127. The molecule has 0 saturated heterocycles. The van der Waals surface area contributed by atoms with Crippen molar-refractivity contribution in [2.24, 2.45) is 0 Å². The Morgan fingerprint density at radius 2 is 1.02 bits per heavy atom. The van der Waals surface area contributed by atoms with E-state index >= 15 is 0 Å². The number of halogens is 7. The number of hydrogen-bond acceptors (Lipinski definition) is 10. The van der Waals surface area contributed by atoms with E-state index in [9.17, 15) is 45.5 Å². The highest BCUT2D eigenvalue weighted by molar-refractivity contribution is 14.1. The highest BCUT2D eigenvalue weighted by Crippen LogP contribution is 2.32. The molecule has 4 aromatic heterocycles. The summed E-state index contributed by atoms with van der Waals surface area (Å²) in [6.45, 7) is 4.41. The zero-order valence-electron chi connectivity index (χ0n) is 33.9. The molecule has 8 rings (SSSR count). The fourth-order valence-corrected chi connectivity index (χ4v) is 6.16. The molecule has 0 bridgehead atoms. The van der Waals surface area contributed by atoms with Crippen molar-refractivity contribution >= 4 is 44.9 Å². The van der Waals surface area contributed by atoms with Crippen LogP contribution in [-0.2, 0) is 19.6 Å². The largest absolute Gasteiger partial charge is 0.573 e. The zero-order valence-corrected chi connectivity index (χ0v) is 36.0. The first-order chi connectivity index (χ1) is 30.9. The number of rotatable bonds is 11. The van der Waals surface area contributed by atoms with Gasteiger partial charge in [-0.1, -0.05) is 102 Å². The van der Waals surface area contributed by atoms with Crippen molar-refractivity contribution < 1.29 is 45.3 Å². The van der Waals surface area contributed by atoms with Gasteiger partial charge in [0.15, 0.2) is 22.3 Å². The summed E-state index contributed by atoms with van der Waals surface area (Å²) in [7, 11) is 0. The smallest absolute Gasteiger partial charge is 0.425 e. The third kappa shape index (κ3) is 12.5. The summed E-state index contributed by atoms with van der Waals surface area (Å²) in [6.07, 6.45) is -9.71. The molecule has 0 saturated carbocycles. The second-order valence-corrected chi connectivity index (χ2v) is 14.8. The van der Waals surface area contributed by atoms with E-state index in [1.807, 2.05) is 48.5 Å². The van der Waals surface area contributed by atoms with Crippen molar-refractivity contribution in [1.29, 1.82) is 0 Å². The first-order valence-corrected chi connectivity index (χ1v) is 20.6. The second-order valence-electron chi connectivity index (χ2n) is 13.2. The van der Waals surface area contributed by atoms with Crippen LogP contribution in [-0.4, -0.2) is 55.8 Å². The van der Waals surface area contributed by atoms with Crippen LogP contribution < -0.4 is 41.4 Å². The van der Waals surface area contributed by atoms with Crippen LogP contribution in [0.2, 0.25) is 0 Å². The molecule has 23 heteroatoms. The van der Waals surface area contributed by atoms with Gasteiger partial charge in [0.2, 0.25) is 0 Å². The van der Waals surface area contributed by atoms with Crippen LogP contribution >= 0.6 is 22.6 Å². The molecule has 0 aliphatic heterocycles. The average Bonchev–Trinajstić information content (AvgIpc) is 3.75.